The van der Waals surface area contributed by atoms with Crippen molar-refractivity contribution in [1.29, 1.82) is 0 Å². The summed E-state index contributed by atoms with van der Waals surface area (Å²) in [4.78, 5) is 12.7. The van der Waals surface area contributed by atoms with Crippen LogP contribution in [0, 0.1) is 0 Å². The molecule has 0 saturated heterocycles. The topological polar surface area (TPSA) is 96.7 Å². The van der Waals surface area contributed by atoms with Crippen LogP contribution < -0.4 is 24.3 Å². The lowest BCUT2D eigenvalue weighted by Crippen LogP contribution is -2.15. The maximum Gasteiger partial charge on any atom is 0.234 e. The van der Waals surface area contributed by atoms with Gasteiger partial charge in [0.25, 0.3) is 0 Å². The van der Waals surface area contributed by atoms with Gasteiger partial charge in [-0.3, -0.25) is 9.36 Å². The molecule has 0 spiro atoms. The Labute approximate surface area is 212 Å². The van der Waals surface area contributed by atoms with Gasteiger partial charge >= 0.3 is 0 Å². The third kappa shape index (κ3) is 5.08. The van der Waals surface area contributed by atoms with Gasteiger partial charge in [0.15, 0.2) is 40.1 Å². The van der Waals surface area contributed by atoms with Crippen LogP contribution in [0.2, 0.25) is 0 Å². The summed E-state index contributed by atoms with van der Waals surface area (Å²) in [5.41, 5.74) is 1.50. The number of thioether (sulfide) groups is 1. The number of hydrogen-bond donors (Lipinski definition) is 1. The summed E-state index contributed by atoms with van der Waals surface area (Å²) in [6.07, 6.45) is -0.439. The average Bonchev–Trinajstić information content (AvgIpc) is 3.55. The molecule has 1 aromatic heterocycles. The van der Waals surface area contributed by atoms with Crippen LogP contribution in [0.25, 0.3) is 5.69 Å². The van der Waals surface area contributed by atoms with Gasteiger partial charge in [-0.25, -0.2) is 0 Å². The molecule has 3 aromatic carbocycles. The van der Waals surface area contributed by atoms with E-state index in [1.54, 1.807) is 25.3 Å². The first-order valence-electron chi connectivity index (χ1n) is 11.2. The van der Waals surface area contributed by atoms with Crippen molar-refractivity contribution in [1.82, 2.24) is 14.8 Å². The predicted molar refractivity (Wildman–Crippen MR) is 135 cm³/mol. The Morgan fingerprint density at radius 2 is 1.78 bits per heavy atom. The Bertz CT molecular complexity index is 1360. The van der Waals surface area contributed by atoms with E-state index in [4.69, 9.17) is 18.9 Å². The zero-order chi connectivity index (χ0) is 24.9. The van der Waals surface area contributed by atoms with Crippen LogP contribution in [0.3, 0.4) is 0 Å². The number of carbonyl (C=O) groups excluding carboxylic acids is 1. The van der Waals surface area contributed by atoms with E-state index in [9.17, 15) is 4.79 Å². The quantitative estimate of drug-likeness (QED) is 0.322. The molecule has 1 aliphatic heterocycles. The summed E-state index contributed by atoms with van der Waals surface area (Å²) < 4.78 is 24.2. The Morgan fingerprint density at radius 1 is 1.03 bits per heavy atom. The number of para-hydroxylation sites is 3. The Kier molecular flexibility index (Phi) is 6.94. The molecule has 1 aliphatic rings. The highest BCUT2D eigenvalue weighted by molar-refractivity contribution is 7.99. The first-order chi connectivity index (χ1) is 17.6. The van der Waals surface area contributed by atoms with E-state index in [0.717, 1.165) is 5.69 Å². The first kappa shape index (κ1) is 23.6. The number of nitrogens with one attached hydrogen (secondary N) is 1. The summed E-state index contributed by atoms with van der Waals surface area (Å²) in [5.74, 6) is 3.07. The van der Waals surface area contributed by atoms with E-state index in [1.165, 1.54) is 11.8 Å². The monoisotopic (exact) mass is 504 g/mol. The van der Waals surface area contributed by atoms with Gasteiger partial charge < -0.3 is 24.3 Å². The van der Waals surface area contributed by atoms with Crippen LogP contribution in [0.1, 0.15) is 18.9 Å². The summed E-state index contributed by atoms with van der Waals surface area (Å²) in [5, 5.41) is 12.2. The van der Waals surface area contributed by atoms with Gasteiger partial charge in [-0.2, -0.15) is 0 Å². The van der Waals surface area contributed by atoms with Gasteiger partial charge in [-0.15, -0.1) is 10.2 Å². The van der Waals surface area contributed by atoms with Gasteiger partial charge in [0.05, 0.1) is 12.9 Å². The second-order valence-corrected chi connectivity index (χ2v) is 8.77. The molecule has 1 atom stereocenters. The maximum atomic E-state index is 12.7. The SMILES string of the molecule is COc1ccccc1OC(C)c1nnc(SCC(=O)Nc2ccc3c(c2)OCO3)n1-c1ccccc1. The van der Waals surface area contributed by atoms with Crippen molar-refractivity contribution in [2.24, 2.45) is 0 Å². The molecule has 0 bridgehead atoms. The van der Waals surface area contributed by atoms with E-state index in [-0.39, 0.29) is 18.5 Å². The lowest BCUT2D eigenvalue weighted by atomic mass is 10.3. The second kappa shape index (κ2) is 10.6. The highest BCUT2D eigenvalue weighted by Crippen LogP contribution is 2.35. The number of nitrogens with zero attached hydrogens (tertiary/aromatic N) is 3. The Morgan fingerprint density at radius 3 is 2.58 bits per heavy atom. The van der Waals surface area contributed by atoms with E-state index in [2.05, 4.69) is 15.5 Å². The number of ether oxygens (including phenoxy) is 4. The molecule has 184 valence electrons. The molecule has 1 unspecified atom stereocenters. The van der Waals surface area contributed by atoms with Gasteiger partial charge in [0.1, 0.15) is 0 Å². The van der Waals surface area contributed by atoms with E-state index >= 15 is 0 Å². The minimum Gasteiger partial charge on any atom is -0.493 e. The zero-order valence-electron chi connectivity index (χ0n) is 19.7. The lowest BCUT2D eigenvalue weighted by Gasteiger charge is -2.18. The van der Waals surface area contributed by atoms with Crippen molar-refractivity contribution in [3.05, 3.63) is 78.6 Å². The molecular weight excluding hydrogens is 480 g/mol. The minimum absolute atomic E-state index is 0.140. The van der Waals surface area contributed by atoms with E-state index < -0.39 is 6.10 Å². The van der Waals surface area contributed by atoms with Crippen molar-refractivity contribution >= 4 is 23.4 Å². The number of rotatable bonds is 9. The number of fused-ring (bicyclic) bond motifs is 1. The third-order valence-electron chi connectivity index (χ3n) is 5.40. The molecule has 0 saturated carbocycles. The lowest BCUT2D eigenvalue weighted by molar-refractivity contribution is -0.113. The van der Waals surface area contributed by atoms with Gasteiger partial charge in [-0.05, 0) is 43.3 Å². The zero-order valence-corrected chi connectivity index (χ0v) is 20.5. The standard InChI is InChI=1S/C26H24N4O5S/c1-17(35-22-11-7-6-10-20(22)32-2)25-28-29-26(30(25)19-8-4-3-5-9-19)36-15-24(31)27-18-12-13-21-23(14-18)34-16-33-21/h3-14,17H,15-16H2,1-2H3,(H,27,31). The van der Waals surface area contributed by atoms with Crippen LogP contribution in [0.15, 0.2) is 78.0 Å². The molecular formula is C26H24N4O5S. The van der Waals surface area contributed by atoms with Gasteiger partial charge in [-0.1, -0.05) is 42.1 Å². The summed E-state index contributed by atoms with van der Waals surface area (Å²) in [7, 11) is 1.60. The largest absolute Gasteiger partial charge is 0.493 e. The third-order valence-corrected chi connectivity index (χ3v) is 6.33. The van der Waals surface area contributed by atoms with Gasteiger partial charge in [0, 0.05) is 17.4 Å². The molecule has 36 heavy (non-hydrogen) atoms. The number of methoxy groups -OCH3 is 1. The van der Waals surface area contributed by atoms with E-state index in [0.29, 0.717) is 39.7 Å². The molecule has 1 amide bonds. The van der Waals surface area contributed by atoms with Crippen LogP contribution in [-0.4, -0.2) is 40.3 Å². The normalized spacial score (nSPS) is 12.7. The summed E-state index contributed by atoms with van der Waals surface area (Å²) in [6.45, 7) is 2.08. The molecule has 0 radical (unpaired) electrons. The number of carbonyl (C=O) groups is 1. The number of hydrogen-bond acceptors (Lipinski definition) is 8. The minimum atomic E-state index is -0.439. The average molecular weight is 505 g/mol. The van der Waals surface area contributed by atoms with Crippen LogP contribution in [-0.2, 0) is 4.79 Å². The Hall–Kier alpha value is -4.18. The second-order valence-electron chi connectivity index (χ2n) is 7.83. The maximum absolute atomic E-state index is 12.7. The van der Waals surface area contributed by atoms with Gasteiger partial charge in [0.2, 0.25) is 12.7 Å². The van der Waals surface area contributed by atoms with Crippen LogP contribution in [0.4, 0.5) is 5.69 Å². The number of benzene rings is 3. The molecule has 9 nitrogen and oxygen atoms in total. The van der Waals surface area contributed by atoms with Crippen molar-refractivity contribution in [2.75, 3.05) is 25.0 Å². The predicted octanol–water partition coefficient (Wildman–Crippen LogP) is 4.88. The van der Waals surface area contributed by atoms with E-state index in [1.807, 2.05) is 66.1 Å². The molecule has 0 aliphatic carbocycles. The number of amides is 1. The summed E-state index contributed by atoms with van der Waals surface area (Å²) in [6, 6.07) is 22.5. The highest BCUT2D eigenvalue weighted by atomic mass is 32.2. The fraction of sp³-hybridized carbons (Fsp3) is 0.192. The van der Waals surface area contributed by atoms with Crippen molar-refractivity contribution in [3.8, 4) is 28.7 Å². The molecule has 4 aromatic rings. The van der Waals surface area contributed by atoms with Crippen LogP contribution in [0.5, 0.6) is 23.0 Å². The first-order valence-corrected chi connectivity index (χ1v) is 12.2. The smallest absolute Gasteiger partial charge is 0.234 e. The summed E-state index contributed by atoms with van der Waals surface area (Å²) >= 11 is 1.29. The number of anilines is 1. The molecule has 5 rings (SSSR count). The molecule has 0 fully saturated rings. The van der Waals surface area contributed by atoms with Crippen LogP contribution >= 0.6 is 11.8 Å². The Balaban J connectivity index is 1.34. The van der Waals surface area contributed by atoms with Crippen molar-refractivity contribution < 1.29 is 23.7 Å². The van der Waals surface area contributed by atoms with Crippen molar-refractivity contribution in [2.45, 2.75) is 18.2 Å². The number of aromatic nitrogens is 3. The molecule has 1 N–H and O–H groups in total. The van der Waals surface area contributed by atoms with Crippen molar-refractivity contribution in [3.63, 3.8) is 0 Å². The fourth-order valence-electron chi connectivity index (χ4n) is 3.72. The molecule has 10 heteroatoms. The fourth-order valence-corrected chi connectivity index (χ4v) is 4.48. The molecule has 2 heterocycles. The highest BCUT2D eigenvalue weighted by Gasteiger charge is 2.23.